The fourth-order valence-electron chi connectivity index (χ4n) is 2.61. The molecule has 162 valence electrons. The number of nitrogens with zero attached hydrogens (tertiary/aromatic N) is 3. The topological polar surface area (TPSA) is 140 Å². The van der Waals surface area contributed by atoms with Crippen LogP contribution in [-0.4, -0.2) is 66.6 Å². The molecular formula is C19H24N4O6S. The second-order valence-electron chi connectivity index (χ2n) is 7.61. The minimum absolute atomic E-state index is 0.117. The Morgan fingerprint density at radius 3 is 2.40 bits per heavy atom. The largest absolute Gasteiger partial charge is 0.444 e. The van der Waals surface area contributed by atoms with E-state index >= 15 is 0 Å². The molecule has 0 spiro atoms. The fourth-order valence-corrected chi connectivity index (χ4v) is 3.14. The summed E-state index contributed by atoms with van der Waals surface area (Å²) < 4.78 is 36.8. The van der Waals surface area contributed by atoms with E-state index in [-0.39, 0.29) is 16.2 Å². The maximum absolute atomic E-state index is 12.4. The Morgan fingerprint density at radius 1 is 1.23 bits per heavy atom. The summed E-state index contributed by atoms with van der Waals surface area (Å²) in [5.74, 6) is -0.723. The Morgan fingerprint density at radius 2 is 1.87 bits per heavy atom. The highest BCUT2D eigenvalue weighted by Crippen LogP contribution is 2.16. The van der Waals surface area contributed by atoms with Gasteiger partial charge < -0.3 is 19.9 Å². The average Bonchev–Trinajstić information content (AvgIpc) is 2.64. The van der Waals surface area contributed by atoms with Crippen LogP contribution in [0.25, 0.3) is 0 Å². The van der Waals surface area contributed by atoms with Gasteiger partial charge in [-0.3, -0.25) is 9.35 Å². The van der Waals surface area contributed by atoms with E-state index in [0.717, 1.165) is 6.07 Å². The van der Waals surface area contributed by atoms with E-state index in [1.807, 2.05) is 6.07 Å². The van der Waals surface area contributed by atoms with Crippen molar-refractivity contribution in [3.8, 4) is 6.07 Å². The van der Waals surface area contributed by atoms with E-state index in [0.29, 0.717) is 26.2 Å². The predicted molar refractivity (Wildman–Crippen MR) is 108 cm³/mol. The van der Waals surface area contributed by atoms with Crippen LogP contribution in [0.1, 0.15) is 20.8 Å². The number of carbonyl (C=O) groups excluding carboxylic acids is 2. The Kier molecular flexibility index (Phi) is 7.07. The number of benzene rings is 1. The molecule has 30 heavy (non-hydrogen) atoms. The summed E-state index contributed by atoms with van der Waals surface area (Å²) in [5, 5.41) is 11.8. The molecule has 1 aromatic carbocycles. The van der Waals surface area contributed by atoms with Gasteiger partial charge in [-0.15, -0.1) is 0 Å². The molecule has 2 amide bonds. The number of carbonyl (C=O) groups is 2. The van der Waals surface area contributed by atoms with Crippen molar-refractivity contribution in [3.05, 3.63) is 36.0 Å². The van der Waals surface area contributed by atoms with Gasteiger partial charge in [0.15, 0.2) is 0 Å². The maximum atomic E-state index is 12.4. The summed E-state index contributed by atoms with van der Waals surface area (Å²) in [6, 6.07) is 6.86. The summed E-state index contributed by atoms with van der Waals surface area (Å²) in [7, 11) is -4.42. The molecule has 0 aliphatic carbocycles. The number of anilines is 1. The molecule has 1 fully saturated rings. The first kappa shape index (κ1) is 23.2. The van der Waals surface area contributed by atoms with E-state index in [1.165, 1.54) is 24.4 Å². The maximum Gasteiger partial charge on any atom is 0.410 e. The molecule has 11 heteroatoms. The number of hydrogen-bond acceptors (Lipinski definition) is 7. The summed E-state index contributed by atoms with van der Waals surface area (Å²) in [6.45, 7) is 6.93. The third-order valence-electron chi connectivity index (χ3n) is 4.03. The van der Waals surface area contributed by atoms with Gasteiger partial charge in [-0.1, -0.05) is 6.07 Å². The number of nitriles is 1. The first-order chi connectivity index (χ1) is 13.9. The smallest absolute Gasteiger partial charge is 0.410 e. The Balaban J connectivity index is 2.01. The number of amides is 2. The van der Waals surface area contributed by atoms with Gasteiger partial charge in [0, 0.05) is 38.1 Å². The summed E-state index contributed by atoms with van der Waals surface area (Å²) >= 11 is 0. The van der Waals surface area contributed by atoms with Crippen molar-refractivity contribution in [1.29, 1.82) is 5.26 Å². The predicted octanol–water partition coefficient (Wildman–Crippen LogP) is 1.83. The van der Waals surface area contributed by atoms with Crippen molar-refractivity contribution in [2.75, 3.05) is 31.5 Å². The van der Waals surface area contributed by atoms with Crippen molar-refractivity contribution in [1.82, 2.24) is 9.80 Å². The fraction of sp³-hybridized carbons (Fsp3) is 0.421. The summed E-state index contributed by atoms with van der Waals surface area (Å²) in [5.41, 5.74) is -0.656. The van der Waals surface area contributed by atoms with Crippen LogP contribution in [0.4, 0.5) is 10.5 Å². The van der Waals surface area contributed by atoms with Crippen LogP contribution in [0, 0.1) is 11.3 Å². The van der Waals surface area contributed by atoms with Gasteiger partial charge in [0.2, 0.25) is 0 Å². The number of rotatable bonds is 4. The summed E-state index contributed by atoms with van der Waals surface area (Å²) in [6.07, 6.45) is 0.983. The molecule has 0 saturated carbocycles. The second-order valence-corrected chi connectivity index (χ2v) is 9.04. The van der Waals surface area contributed by atoms with Crippen LogP contribution >= 0.6 is 0 Å². The number of hydrogen-bond donors (Lipinski definition) is 2. The first-order valence-corrected chi connectivity index (χ1v) is 10.6. The lowest BCUT2D eigenvalue weighted by molar-refractivity contribution is -0.112. The van der Waals surface area contributed by atoms with Crippen molar-refractivity contribution in [3.63, 3.8) is 0 Å². The van der Waals surface area contributed by atoms with Gasteiger partial charge >= 0.3 is 6.09 Å². The van der Waals surface area contributed by atoms with Crippen LogP contribution in [-0.2, 0) is 19.6 Å². The van der Waals surface area contributed by atoms with Crippen LogP contribution in [0.2, 0.25) is 0 Å². The molecule has 2 rings (SSSR count). The van der Waals surface area contributed by atoms with Gasteiger partial charge in [-0.05, 0) is 39.0 Å². The van der Waals surface area contributed by atoms with Crippen LogP contribution in [0.3, 0.4) is 0 Å². The van der Waals surface area contributed by atoms with Crippen LogP contribution < -0.4 is 5.32 Å². The van der Waals surface area contributed by atoms with Gasteiger partial charge in [0.25, 0.3) is 16.0 Å². The molecule has 0 bridgehead atoms. The lowest BCUT2D eigenvalue weighted by Gasteiger charge is -2.35. The van der Waals surface area contributed by atoms with Crippen LogP contribution in [0.15, 0.2) is 40.9 Å². The molecule has 2 N–H and O–H groups in total. The lowest BCUT2D eigenvalue weighted by Crippen LogP contribution is -2.48. The Bertz CT molecular complexity index is 983. The Labute approximate surface area is 175 Å². The van der Waals surface area contributed by atoms with E-state index in [2.05, 4.69) is 5.32 Å². The quantitative estimate of drug-likeness (QED) is 0.414. The molecule has 1 aliphatic rings. The van der Waals surface area contributed by atoms with E-state index < -0.39 is 27.7 Å². The van der Waals surface area contributed by atoms with E-state index in [9.17, 15) is 23.3 Å². The zero-order chi connectivity index (χ0) is 22.5. The average molecular weight is 436 g/mol. The first-order valence-electron chi connectivity index (χ1n) is 9.12. The minimum atomic E-state index is -4.42. The van der Waals surface area contributed by atoms with Crippen molar-refractivity contribution < 1.29 is 27.3 Å². The lowest BCUT2D eigenvalue weighted by atomic mass is 10.2. The highest BCUT2D eigenvalue weighted by atomic mass is 32.2. The molecule has 1 aliphatic heterocycles. The Hall–Kier alpha value is -3.10. The van der Waals surface area contributed by atoms with E-state index in [1.54, 1.807) is 30.6 Å². The minimum Gasteiger partial charge on any atom is -0.444 e. The van der Waals surface area contributed by atoms with Gasteiger partial charge in [0.05, 0.1) is 4.90 Å². The zero-order valence-corrected chi connectivity index (χ0v) is 17.8. The number of piperazine rings is 1. The highest BCUT2D eigenvalue weighted by molar-refractivity contribution is 7.85. The van der Waals surface area contributed by atoms with Crippen molar-refractivity contribution >= 4 is 27.8 Å². The molecule has 0 atom stereocenters. The standard InChI is InChI=1S/C19H24N4O6S/c1-19(2,3)29-18(25)23-9-7-22(8-10-23)13-14(12-20)17(24)21-15-5-4-6-16(11-15)30(26,27)28/h4-6,11,13H,7-10H2,1-3H3,(H,21,24)(H,26,27,28)/b14-13-. The van der Waals surface area contributed by atoms with Gasteiger partial charge in [-0.25, -0.2) is 4.79 Å². The van der Waals surface area contributed by atoms with Crippen molar-refractivity contribution in [2.45, 2.75) is 31.3 Å². The molecule has 0 unspecified atom stereocenters. The second kappa shape index (κ2) is 9.15. The highest BCUT2D eigenvalue weighted by Gasteiger charge is 2.25. The molecule has 1 saturated heterocycles. The van der Waals surface area contributed by atoms with Crippen molar-refractivity contribution in [2.24, 2.45) is 0 Å². The van der Waals surface area contributed by atoms with Crippen LogP contribution in [0.5, 0.6) is 0 Å². The zero-order valence-electron chi connectivity index (χ0n) is 17.0. The molecule has 1 heterocycles. The molecular weight excluding hydrogens is 412 g/mol. The number of nitrogens with one attached hydrogen (secondary N) is 1. The molecule has 10 nitrogen and oxygen atoms in total. The van der Waals surface area contributed by atoms with Gasteiger partial charge in [0.1, 0.15) is 17.2 Å². The monoisotopic (exact) mass is 436 g/mol. The SMILES string of the molecule is CC(C)(C)OC(=O)N1CCN(/C=C(/C#N)C(=O)Nc2cccc(S(=O)(=O)O)c2)CC1. The molecule has 1 aromatic rings. The normalized spacial score (nSPS) is 15.4. The summed E-state index contributed by atoms with van der Waals surface area (Å²) in [4.78, 5) is 27.4. The van der Waals surface area contributed by atoms with Gasteiger partial charge in [-0.2, -0.15) is 13.7 Å². The molecule has 0 aromatic heterocycles. The number of ether oxygens (including phenoxy) is 1. The van der Waals surface area contributed by atoms with E-state index in [4.69, 9.17) is 9.29 Å². The third kappa shape index (κ3) is 6.75. The third-order valence-corrected chi connectivity index (χ3v) is 4.88. The molecule has 0 radical (unpaired) electrons.